The maximum Gasteiger partial charge on any atom is 0.332 e. The number of benzene rings is 1. The highest BCUT2D eigenvalue weighted by Gasteiger charge is 2.30. The third kappa shape index (κ3) is 3.66. The number of hydrogen-bond donors (Lipinski definition) is 0. The van der Waals surface area contributed by atoms with Crippen LogP contribution in [0.25, 0.3) is 11.2 Å². The summed E-state index contributed by atoms with van der Waals surface area (Å²) in [4.78, 5) is 38.6. The first-order valence-corrected chi connectivity index (χ1v) is 11.7. The largest absolute Gasteiger partial charge is 0.496 e. The van der Waals surface area contributed by atoms with Gasteiger partial charge in [-0.2, -0.15) is 4.98 Å². The Bertz CT molecular complexity index is 1380. The van der Waals surface area contributed by atoms with Crippen LogP contribution in [-0.4, -0.2) is 50.7 Å². The standard InChI is InChI=1S/C24H30N6O4/c1-15-9-11-29(12-10-15)23-25-21-20(22(31)28(3)24(32)27(21)2)30(23)14-16-13-18(26-34-16)17-7-5-6-8-19(17)33-4/h5-8,15-16H,9-14H2,1-4H3. The maximum absolute atomic E-state index is 13.2. The summed E-state index contributed by atoms with van der Waals surface area (Å²) in [6.07, 6.45) is 2.41. The molecule has 1 unspecified atom stereocenters. The summed E-state index contributed by atoms with van der Waals surface area (Å²) in [5.41, 5.74) is 1.76. The van der Waals surface area contributed by atoms with E-state index in [1.807, 2.05) is 28.8 Å². The molecule has 5 rings (SSSR count). The fraction of sp³-hybridized carbons (Fsp3) is 0.500. The molecule has 1 atom stereocenters. The molecule has 0 amide bonds. The number of rotatable bonds is 5. The van der Waals surface area contributed by atoms with Gasteiger partial charge in [-0.15, -0.1) is 0 Å². The molecule has 180 valence electrons. The summed E-state index contributed by atoms with van der Waals surface area (Å²) in [6.45, 7) is 4.36. The van der Waals surface area contributed by atoms with Gasteiger partial charge in [0.15, 0.2) is 17.3 Å². The van der Waals surface area contributed by atoms with E-state index in [2.05, 4.69) is 17.0 Å². The van der Waals surface area contributed by atoms with Gasteiger partial charge in [0.1, 0.15) is 5.75 Å². The van der Waals surface area contributed by atoms with Crippen molar-refractivity contribution in [3.8, 4) is 5.75 Å². The van der Waals surface area contributed by atoms with Crippen LogP contribution < -0.4 is 20.9 Å². The lowest BCUT2D eigenvalue weighted by Crippen LogP contribution is -2.38. The lowest BCUT2D eigenvalue weighted by atomic mass is 10.00. The average molecular weight is 467 g/mol. The monoisotopic (exact) mass is 466 g/mol. The van der Waals surface area contributed by atoms with Crippen LogP contribution in [0.1, 0.15) is 31.7 Å². The fourth-order valence-corrected chi connectivity index (χ4v) is 4.83. The quantitative estimate of drug-likeness (QED) is 0.570. The van der Waals surface area contributed by atoms with Crippen LogP contribution in [0, 0.1) is 5.92 Å². The molecule has 0 spiro atoms. The molecule has 0 saturated carbocycles. The first kappa shape index (κ1) is 22.2. The Hall–Kier alpha value is -3.56. The van der Waals surface area contributed by atoms with Gasteiger partial charge in [-0.05, 0) is 30.9 Å². The Labute approximate surface area is 197 Å². The lowest BCUT2D eigenvalue weighted by Gasteiger charge is -2.31. The molecule has 1 aromatic carbocycles. The molecule has 0 aliphatic carbocycles. The molecule has 0 bridgehead atoms. The highest BCUT2D eigenvalue weighted by Crippen LogP contribution is 2.29. The van der Waals surface area contributed by atoms with Crippen LogP contribution >= 0.6 is 0 Å². The zero-order valence-electron chi connectivity index (χ0n) is 20.0. The van der Waals surface area contributed by atoms with Gasteiger partial charge in [-0.1, -0.05) is 24.2 Å². The third-order valence-electron chi connectivity index (χ3n) is 6.93. The highest BCUT2D eigenvalue weighted by atomic mass is 16.6. The molecule has 10 nitrogen and oxygen atoms in total. The minimum absolute atomic E-state index is 0.276. The van der Waals surface area contributed by atoms with Crippen molar-refractivity contribution in [3.63, 3.8) is 0 Å². The number of nitrogens with zero attached hydrogens (tertiary/aromatic N) is 6. The molecule has 0 radical (unpaired) electrons. The second-order valence-corrected chi connectivity index (χ2v) is 9.24. The van der Waals surface area contributed by atoms with E-state index in [9.17, 15) is 9.59 Å². The topological polar surface area (TPSA) is 95.9 Å². The Morgan fingerprint density at radius 2 is 1.85 bits per heavy atom. The van der Waals surface area contributed by atoms with Crippen molar-refractivity contribution in [2.45, 2.75) is 38.8 Å². The molecule has 10 heteroatoms. The van der Waals surface area contributed by atoms with E-state index in [1.54, 1.807) is 14.2 Å². The number of aryl methyl sites for hydroxylation is 1. The summed E-state index contributed by atoms with van der Waals surface area (Å²) >= 11 is 0. The van der Waals surface area contributed by atoms with Crippen LogP contribution in [-0.2, 0) is 25.5 Å². The first-order chi connectivity index (χ1) is 16.4. The molecule has 1 fully saturated rings. The normalized spacial score (nSPS) is 18.9. The maximum atomic E-state index is 13.2. The predicted octanol–water partition coefficient (Wildman–Crippen LogP) is 1.87. The average Bonchev–Trinajstić information content (AvgIpc) is 3.47. The molecular formula is C24H30N6O4. The van der Waals surface area contributed by atoms with E-state index < -0.39 is 0 Å². The second-order valence-electron chi connectivity index (χ2n) is 9.24. The Balaban J connectivity index is 1.53. The van der Waals surface area contributed by atoms with E-state index in [4.69, 9.17) is 14.6 Å². The number of ether oxygens (including phenoxy) is 1. The van der Waals surface area contributed by atoms with Crippen molar-refractivity contribution >= 4 is 22.8 Å². The van der Waals surface area contributed by atoms with Gasteiger partial charge in [0.2, 0.25) is 5.95 Å². The van der Waals surface area contributed by atoms with Crippen molar-refractivity contribution in [2.75, 3.05) is 25.1 Å². The number of piperidine rings is 1. The number of para-hydroxylation sites is 1. The van der Waals surface area contributed by atoms with Crippen molar-refractivity contribution in [1.82, 2.24) is 18.7 Å². The summed E-state index contributed by atoms with van der Waals surface area (Å²) in [6, 6.07) is 7.71. The smallest absolute Gasteiger partial charge is 0.332 e. The summed E-state index contributed by atoms with van der Waals surface area (Å²) in [5, 5.41) is 4.33. The predicted molar refractivity (Wildman–Crippen MR) is 130 cm³/mol. The van der Waals surface area contributed by atoms with Crippen molar-refractivity contribution < 1.29 is 9.57 Å². The van der Waals surface area contributed by atoms with Crippen LogP contribution in [0.4, 0.5) is 5.95 Å². The molecule has 2 aromatic heterocycles. The minimum Gasteiger partial charge on any atom is -0.496 e. The molecule has 4 heterocycles. The first-order valence-electron chi connectivity index (χ1n) is 11.7. The van der Waals surface area contributed by atoms with Gasteiger partial charge >= 0.3 is 5.69 Å². The number of aromatic nitrogens is 4. The van der Waals surface area contributed by atoms with Crippen molar-refractivity contribution in [3.05, 3.63) is 50.7 Å². The van der Waals surface area contributed by atoms with E-state index in [1.165, 1.54) is 11.6 Å². The van der Waals surface area contributed by atoms with Gasteiger partial charge in [0, 0.05) is 39.2 Å². The molecule has 34 heavy (non-hydrogen) atoms. The van der Waals surface area contributed by atoms with Crippen molar-refractivity contribution in [2.24, 2.45) is 25.2 Å². The fourth-order valence-electron chi connectivity index (χ4n) is 4.83. The number of anilines is 1. The number of imidazole rings is 1. The van der Waals surface area contributed by atoms with Gasteiger partial charge in [0.05, 0.1) is 19.4 Å². The molecule has 2 aliphatic rings. The highest BCUT2D eigenvalue weighted by molar-refractivity contribution is 6.03. The van der Waals surface area contributed by atoms with Crippen LogP contribution in [0.3, 0.4) is 0 Å². The van der Waals surface area contributed by atoms with Gasteiger partial charge in [-0.3, -0.25) is 13.9 Å². The third-order valence-corrected chi connectivity index (χ3v) is 6.93. The minimum atomic E-state index is -0.389. The number of methoxy groups -OCH3 is 1. The second kappa shape index (κ2) is 8.66. The summed E-state index contributed by atoms with van der Waals surface area (Å²) < 4.78 is 9.97. The molecule has 1 saturated heterocycles. The SMILES string of the molecule is COc1ccccc1C1=NOC(Cn2c(N3CCC(C)CC3)nc3c2c(=O)n(C)c(=O)n3C)C1. The zero-order valence-corrected chi connectivity index (χ0v) is 20.0. The van der Waals surface area contributed by atoms with E-state index in [0.29, 0.717) is 36.0 Å². The lowest BCUT2D eigenvalue weighted by molar-refractivity contribution is 0.0734. The zero-order chi connectivity index (χ0) is 24.0. The number of fused-ring (bicyclic) bond motifs is 1. The number of hydrogen-bond acceptors (Lipinski definition) is 7. The van der Waals surface area contributed by atoms with E-state index in [-0.39, 0.29) is 17.4 Å². The van der Waals surface area contributed by atoms with E-state index in [0.717, 1.165) is 47.5 Å². The molecule has 3 aromatic rings. The number of oxime groups is 1. The van der Waals surface area contributed by atoms with Gasteiger partial charge < -0.3 is 19.0 Å². The van der Waals surface area contributed by atoms with Gasteiger partial charge in [-0.25, -0.2) is 4.79 Å². The van der Waals surface area contributed by atoms with Crippen LogP contribution in [0.15, 0.2) is 39.0 Å². The van der Waals surface area contributed by atoms with Crippen LogP contribution in [0.5, 0.6) is 5.75 Å². The Kier molecular flexibility index (Phi) is 5.66. The molecule has 0 N–H and O–H groups in total. The summed E-state index contributed by atoms with van der Waals surface area (Å²) in [7, 11) is 4.78. The Morgan fingerprint density at radius 1 is 1.12 bits per heavy atom. The van der Waals surface area contributed by atoms with Crippen LogP contribution in [0.2, 0.25) is 0 Å². The molecule has 2 aliphatic heterocycles. The Morgan fingerprint density at radius 3 is 2.59 bits per heavy atom. The van der Waals surface area contributed by atoms with Crippen molar-refractivity contribution in [1.29, 1.82) is 0 Å². The van der Waals surface area contributed by atoms with Gasteiger partial charge in [0.25, 0.3) is 5.56 Å². The molecular weight excluding hydrogens is 436 g/mol. The summed E-state index contributed by atoms with van der Waals surface area (Å²) in [5.74, 6) is 2.10. The van der Waals surface area contributed by atoms with E-state index >= 15 is 0 Å².